The van der Waals surface area contributed by atoms with Crippen LogP contribution < -0.4 is 0 Å². The molecule has 61 valence electrons. The van der Waals surface area contributed by atoms with Crippen molar-refractivity contribution in [3.63, 3.8) is 0 Å². The van der Waals surface area contributed by atoms with Gasteiger partial charge in [-0.1, -0.05) is 6.92 Å². The molecule has 0 aromatic rings. The Balaban J connectivity index is 1.91. The fourth-order valence-corrected chi connectivity index (χ4v) is 3.87. The predicted octanol–water partition coefficient (Wildman–Crippen LogP) is 2.89. The molecule has 5 atom stereocenters. The van der Waals surface area contributed by atoms with Crippen LogP contribution in [-0.4, -0.2) is 0 Å². The lowest BCUT2D eigenvalue weighted by atomic mass is 9.52. The number of hydrogen-bond acceptors (Lipinski definition) is 0. The van der Waals surface area contributed by atoms with Gasteiger partial charge in [0.05, 0.1) is 0 Å². The Morgan fingerprint density at radius 2 is 2.00 bits per heavy atom. The topological polar surface area (TPSA) is 0 Å². The zero-order valence-corrected chi connectivity index (χ0v) is 7.29. The monoisotopic (exact) mass is 149 g/mol. The summed E-state index contributed by atoms with van der Waals surface area (Å²) in [6.45, 7) is 2.48. The highest BCUT2D eigenvalue weighted by atomic mass is 14.5. The molecular weight excluding hydrogens is 132 g/mol. The third-order valence-electron chi connectivity index (χ3n) is 4.42. The molecule has 0 heterocycles. The summed E-state index contributed by atoms with van der Waals surface area (Å²) in [6, 6.07) is 0. The van der Waals surface area contributed by atoms with Crippen LogP contribution in [-0.2, 0) is 0 Å². The van der Waals surface area contributed by atoms with Crippen molar-refractivity contribution in [2.45, 2.75) is 32.6 Å². The van der Waals surface area contributed by atoms with Crippen LogP contribution >= 0.6 is 0 Å². The van der Waals surface area contributed by atoms with E-state index in [1.54, 1.807) is 12.8 Å². The molecule has 4 rings (SSSR count). The van der Waals surface area contributed by atoms with Crippen LogP contribution in [0.2, 0.25) is 0 Å². The van der Waals surface area contributed by atoms with E-state index in [1.807, 2.05) is 0 Å². The number of rotatable bonds is 0. The van der Waals surface area contributed by atoms with E-state index < -0.39 is 0 Å². The van der Waals surface area contributed by atoms with Crippen molar-refractivity contribution in [2.75, 3.05) is 0 Å². The van der Waals surface area contributed by atoms with Crippen molar-refractivity contribution in [1.82, 2.24) is 0 Å². The fourth-order valence-electron chi connectivity index (χ4n) is 3.87. The minimum absolute atomic E-state index is 1.02. The molecule has 0 aliphatic heterocycles. The van der Waals surface area contributed by atoms with E-state index in [2.05, 4.69) is 13.3 Å². The Hall–Kier alpha value is 0. The van der Waals surface area contributed by atoms with Crippen LogP contribution in [0.15, 0.2) is 0 Å². The van der Waals surface area contributed by atoms with E-state index >= 15 is 0 Å². The first kappa shape index (κ1) is 6.51. The molecule has 5 unspecified atom stereocenters. The predicted molar refractivity (Wildman–Crippen MR) is 45.9 cm³/mol. The van der Waals surface area contributed by atoms with Crippen molar-refractivity contribution in [3.8, 4) is 0 Å². The molecule has 0 saturated heterocycles. The van der Waals surface area contributed by atoms with E-state index in [9.17, 15) is 0 Å². The fraction of sp³-hybridized carbons (Fsp3) is 0.909. The molecule has 4 fully saturated rings. The standard InChI is InChI=1S/C11H17/c1-7-10-3-8-2-9(5-10)6-11(7)4-8/h3,7-11H,2,4-6H2,1H3. The molecule has 0 heteroatoms. The van der Waals surface area contributed by atoms with Crippen LogP contribution in [0.5, 0.6) is 0 Å². The molecule has 0 spiro atoms. The Bertz CT molecular complexity index is 143. The molecular formula is C11H17. The van der Waals surface area contributed by atoms with Gasteiger partial charge in [0, 0.05) is 0 Å². The molecule has 0 nitrogen and oxygen atoms in total. The summed E-state index contributed by atoms with van der Waals surface area (Å²) in [5.74, 6) is 5.33. The molecule has 0 N–H and O–H groups in total. The third-order valence-corrected chi connectivity index (χ3v) is 4.42. The van der Waals surface area contributed by atoms with Crippen molar-refractivity contribution in [2.24, 2.45) is 29.6 Å². The molecule has 0 aromatic carbocycles. The number of hydrogen-bond donors (Lipinski definition) is 0. The average molecular weight is 149 g/mol. The van der Waals surface area contributed by atoms with Crippen LogP contribution in [0.4, 0.5) is 0 Å². The van der Waals surface area contributed by atoms with Crippen molar-refractivity contribution in [3.05, 3.63) is 6.42 Å². The van der Waals surface area contributed by atoms with Crippen LogP contribution in [0, 0.1) is 36.0 Å². The van der Waals surface area contributed by atoms with Crippen LogP contribution in [0.3, 0.4) is 0 Å². The summed E-state index contributed by atoms with van der Waals surface area (Å²) < 4.78 is 0. The SMILES string of the molecule is CC1C2[CH]C3CC(C2)CC1C3. The molecule has 0 amide bonds. The normalized spacial score (nSPS) is 60.3. The first-order valence-electron chi connectivity index (χ1n) is 5.18. The zero-order chi connectivity index (χ0) is 7.42. The third kappa shape index (κ3) is 0.816. The zero-order valence-electron chi connectivity index (χ0n) is 7.29. The lowest BCUT2D eigenvalue weighted by Crippen LogP contribution is -2.44. The van der Waals surface area contributed by atoms with Gasteiger partial charge in [0.2, 0.25) is 0 Å². The van der Waals surface area contributed by atoms with Crippen LogP contribution in [0.25, 0.3) is 0 Å². The largest absolute Gasteiger partial charge is 0.0620 e. The van der Waals surface area contributed by atoms with Crippen molar-refractivity contribution >= 4 is 0 Å². The van der Waals surface area contributed by atoms with Crippen molar-refractivity contribution < 1.29 is 0 Å². The Morgan fingerprint density at radius 1 is 1.09 bits per heavy atom. The molecule has 4 saturated carbocycles. The Kier molecular flexibility index (Phi) is 1.20. The Morgan fingerprint density at radius 3 is 2.73 bits per heavy atom. The van der Waals surface area contributed by atoms with Gasteiger partial charge in [-0.25, -0.2) is 0 Å². The molecule has 4 aliphatic carbocycles. The summed E-state index contributed by atoms with van der Waals surface area (Å²) in [6.07, 6.45) is 8.86. The highest BCUT2D eigenvalue weighted by Gasteiger charge is 2.46. The second-order valence-electron chi connectivity index (χ2n) is 5.04. The van der Waals surface area contributed by atoms with Gasteiger partial charge in [0.15, 0.2) is 0 Å². The summed E-state index contributed by atoms with van der Waals surface area (Å²) in [5, 5.41) is 0. The summed E-state index contributed by atoms with van der Waals surface area (Å²) in [5.41, 5.74) is 0. The lowest BCUT2D eigenvalue weighted by molar-refractivity contribution is 0.0134. The molecule has 11 heavy (non-hydrogen) atoms. The van der Waals surface area contributed by atoms with E-state index in [0.717, 1.165) is 29.6 Å². The van der Waals surface area contributed by atoms with Gasteiger partial charge in [-0.15, -0.1) is 0 Å². The molecule has 4 bridgehead atoms. The second kappa shape index (κ2) is 2.02. The molecule has 0 aromatic heterocycles. The van der Waals surface area contributed by atoms with Crippen LogP contribution in [0.1, 0.15) is 32.6 Å². The molecule has 4 aliphatic rings. The van der Waals surface area contributed by atoms with Gasteiger partial charge in [-0.2, -0.15) is 0 Å². The second-order valence-corrected chi connectivity index (χ2v) is 5.04. The highest BCUT2D eigenvalue weighted by molar-refractivity contribution is 5.05. The maximum atomic E-state index is 2.68. The first-order chi connectivity index (χ1) is 5.33. The maximum Gasteiger partial charge on any atom is -0.0321 e. The highest BCUT2D eigenvalue weighted by Crippen LogP contribution is 2.55. The van der Waals surface area contributed by atoms with E-state index in [-0.39, 0.29) is 0 Å². The summed E-state index contributed by atoms with van der Waals surface area (Å²) in [7, 11) is 0. The first-order valence-corrected chi connectivity index (χ1v) is 5.18. The van der Waals surface area contributed by atoms with E-state index in [4.69, 9.17) is 0 Å². The van der Waals surface area contributed by atoms with E-state index in [0.29, 0.717) is 0 Å². The average Bonchev–Trinajstić information content (AvgIpc) is 1.98. The van der Waals surface area contributed by atoms with E-state index in [1.165, 1.54) is 12.8 Å². The summed E-state index contributed by atoms with van der Waals surface area (Å²) >= 11 is 0. The lowest BCUT2D eigenvalue weighted by Gasteiger charge is -2.53. The molecule has 1 radical (unpaired) electrons. The van der Waals surface area contributed by atoms with Crippen molar-refractivity contribution in [1.29, 1.82) is 0 Å². The maximum absolute atomic E-state index is 2.68. The van der Waals surface area contributed by atoms with Gasteiger partial charge >= 0.3 is 0 Å². The van der Waals surface area contributed by atoms with Gasteiger partial charge in [0.25, 0.3) is 0 Å². The van der Waals surface area contributed by atoms with Gasteiger partial charge in [-0.05, 0) is 61.7 Å². The van der Waals surface area contributed by atoms with Gasteiger partial charge < -0.3 is 0 Å². The minimum atomic E-state index is 1.02. The van der Waals surface area contributed by atoms with Gasteiger partial charge in [0.1, 0.15) is 0 Å². The summed E-state index contributed by atoms with van der Waals surface area (Å²) in [4.78, 5) is 0. The van der Waals surface area contributed by atoms with Gasteiger partial charge in [-0.3, -0.25) is 0 Å². The minimum Gasteiger partial charge on any atom is -0.0620 e. The Labute approximate surface area is 69.4 Å². The quantitative estimate of drug-likeness (QED) is 0.497. The smallest absolute Gasteiger partial charge is 0.0321 e.